The van der Waals surface area contributed by atoms with Crippen molar-refractivity contribution in [3.8, 4) is 0 Å². The van der Waals surface area contributed by atoms with Gasteiger partial charge < -0.3 is 0 Å². The van der Waals surface area contributed by atoms with E-state index < -0.39 is 0 Å². The Hall–Kier alpha value is 0.1000. The molecule has 3 N–H and O–H groups in total. The van der Waals surface area contributed by atoms with Crippen LogP contribution in [0.1, 0.15) is 43.0 Å². The lowest BCUT2D eigenvalue weighted by Crippen LogP contribution is -2.30. The smallest absolute Gasteiger partial charge is 0.0556 e. The minimum absolute atomic E-state index is 0.343. The summed E-state index contributed by atoms with van der Waals surface area (Å²) in [6.07, 6.45) is 7.07. The molecule has 2 aliphatic carbocycles. The SMILES string of the molecule is NNC(CC1CC2CCC1C2)c1cc(Br)cs1. The molecule has 0 amide bonds. The van der Waals surface area contributed by atoms with Gasteiger partial charge in [-0.25, -0.2) is 0 Å². The highest BCUT2D eigenvalue weighted by Crippen LogP contribution is 2.51. The molecule has 0 spiro atoms. The fourth-order valence-corrected chi connectivity index (χ4v) is 5.26. The zero-order valence-electron chi connectivity index (χ0n) is 9.86. The van der Waals surface area contributed by atoms with Crippen molar-refractivity contribution >= 4 is 27.3 Å². The standard InChI is InChI=1S/C13H19BrN2S/c14-11-6-13(17-7-11)12(16-15)5-10-4-8-1-2-9(10)3-8/h6-10,12,16H,1-5,15H2. The van der Waals surface area contributed by atoms with Gasteiger partial charge in [-0.3, -0.25) is 11.3 Å². The van der Waals surface area contributed by atoms with Crippen molar-refractivity contribution in [2.45, 2.75) is 38.1 Å². The highest BCUT2D eigenvalue weighted by Gasteiger charge is 2.40. The topological polar surface area (TPSA) is 38.0 Å². The first-order chi connectivity index (χ1) is 8.26. The monoisotopic (exact) mass is 314 g/mol. The summed E-state index contributed by atoms with van der Waals surface area (Å²) in [5, 5.41) is 2.14. The van der Waals surface area contributed by atoms with Gasteiger partial charge in [0, 0.05) is 14.7 Å². The lowest BCUT2D eigenvalue weighted by molar-refractivity contribution is 0.281. The fourth-order valence-electron chi connectivity index (χ4n) is 3.75. The molecule has 4 heteroatoms. The van der Waals surface area contributed by atoms with Gasteiger partial charge in [-0.15, -0.1) is 11.3 Å². The third-order valence-corrected chi connectivity index (χ3v) is 6.36. The molecular formula is C13H19BrN2S. The van der Waals surface area contributed by atoms with E-state index >= 15 is 0 Å². The predicted molar refractivity (Wildman–Crippen MR) is 75.6 cm³/mol. The van der Waals surface area contributed by atoms with Crippen molar-refractivity contribution < 1.29 is 0 Å². The van der Waals surface area contributed by atoms with E-state index in [1.54, 1.807) is 11.3 Å². The van der Waals surface area contributed by atoms with Crippen LogP contribution in [0.3, 0.4) is 0 Å². The second kappa shape index (κ2) is 5.00. The second-order valence-corrected chi connectivity index (χ2v) is 7.42. The zero-order chi connectivity index (χ0) is 11.8. The Morgan fingerprint density at radius 3 is 2.88 bits per heavy atom. The summed E-state index contributed by atoms with van der Waals surface area (Å²) in [4.78, 5) is 1.36. The van der Waals surface area contributed by atoms with Crippen LogP contribution in [-0.4, -0.2) is 0 Å². The summed E-state index contributed by atoms with van der Waals surface area (Å²) >= 11 is 5.31. The molecule has 17 heavy (non-hydrogen) atoms. The van der Waals surface area contributed by atoms with Crippen LogP contribution >= 0.6 is 27.3 Å². The number of thiophene rings is 1. The number of rotatable bonds is 4. The Morgan fingerprint density at radius 1 is 1.47 bits per heavy atom. The minimum atomic E-state index is 0.343. The maximum Gasteiger partial charge on any atom is 0.0556 e. The first-order valence-corrected chi connectivity index (χ1v) is 8.13. The van der Waals surface area contributed by atoms with Gasteiger partial charge in [-0.2, -0.15) is 0 Å². The molecule has 2 bridgehead atoms. The highest BCUT2D eigenvalue weighted by atomic mass is 79.9. The van der Waals surface area contributed by atoms with E-state index in [-0.39, 0.29) is 0 Å². The van der Waals surface area contributed by atoms with Gasteiger partial charge in [0.2, 0.25) is 0 Å². The third-order valence-electron chi connectivity index (χ3n) is 4.56. The molecule has 1 aromatic rings. The number of nitrogens with one attached hydrogen (secondary N) is 1. The van der Waals surface area contributed by atoms with E-state index in [4.69, 9.17) is 5.84 Å². The highest BCUT2D eigenvalue weighted by molar-refractivity contribution is 9.10. The zero-order valence-corrected chi connectivity index (χ0v) is 12.3. The molecule has 1 aromatic heterocycles. The Bertz CT molecular complexity index is 393. The Labute approximate surface area is 115 Å². The Kier molecular flexibility index (Phi) is 3.57. The molecule has 4 atom stereocenters. The molecule has 0 radical (unpaired) electrons. The molecule has 94 valence electrons. The molecule has 2 aliphatic rings. The molecule has 1 heterocycles. The van der Waals surface area contributed by atoms with Crippen molar-refractivity contribution in [1.82, 2.24) is 5.43 Å². The number of hydrogen-bond acceptors (Lipinski definition) is 3. The van der Waals surface area contributed by atoms with Crippen molar-refractivity contribution in [3.63, 3.8) is 0 Å². The summed E-state index contributed by atoms with van der Waals surface area (Å²) in [5.41, 5.74) is 3.01. The van der Waals surface area contributed by atoms with E-state index in [1.807, 2.05) is 0 Å². The largest absolute Gasteiger partial charge is 0.271 e. The fraction of sp³-hybridized carbons (Fsp3) is 0.692. The van der Waals surface area contributed by atoms with Crippen LogP contribution in [0, 0.1) is 17.8 Å². The van der Waals surface area contributed by atoms with Crippen molar-refractivity contribution in [3.05, 3.63) is 20.8 Å². The number of halogens is 1. The Balaban J connectivity index is 1.66. The summed E-state index contributed by atoms with van der Waals surface area (Å²) in [6.45, 7) is 0. The van der Waals surface area contributed by atoms with Crippen LogP contribution < -0.4 is 11.3 Å². The molecule has 2 saturated carbocycles. The first-order valence-electron chi connectivity index (χ1n) is 6.46. The Morgan fingerprint density at radius 2 is 2.35 bits per heavy atom. The summed E-state index contributed by atoms with van der Waals surface area (Å²) in [7, 11) is 0. The maximum atomic E-state index is 5.73. The quantitative estimate of drug-likeness (QED) is 0.654. The number of fused-ring (bicyclic) bond motifs is 2. The van der Waals surface area contributed by atoms with Gasteiger partial charge in [0.1, 0.15) is 0 Å². The van der Waals surface area contributed by atoms with Crippen LogP contribution in [0.15, 0.2) is 15.9 Å². The van der Waals surface area contributed by atoms with Crippen LogP contribution in [0.4, 0.5) is 0 Å². The molecule has 4 unspecified atom stereocenters. The predicted octanol–water partition coefficient (Wildman–Crippen LogP) is 3.84. The van der Waals surface area contributed by atoms with Crippen LogP contribution in [-0.2, 0) is 0 Å². The first kappa shape index (κ1) is 12.2. The van der Waals surface area contributed by atoms with E-state index in [1.165, 1.54) is 41.5 Å². The summed E-state index contributed by atoms with van der Waals surface area (Å²) in [5.74, 6) is 8.64. The number of hydrogen-bond donors (Lipinski definition) is 2. The molecule has 0 saturated heterocycles. The summed E-state index contributed by atoms with van der Waals surface area (Å²) < 4.78 is 1.17. The average molecular weight is 315 g/mol. The van der Waals surface area contributed by atoms with Crippen molar-refractivity contribution in [1.29, 1.82) is 0 Å². The van der Waals surface area contributed by atoms with Gasteiger partial charge in [0.15, 0.2) is 0 Å². The molecular weight excluding hydrogens is 296 g/mol. The van der Waals surface area contributed by atoms with Gasteiger partial charge in [-0.05, 0) is 65.4 Å². The van der Waals surface area contributed by atoms with Crippen LogP contribution in [0.5, 0.6) is 0 Å². The van der Waals surface area contributed by atoms with Gasteiger partial charge in [0.25, 0.3) is 0 Å². The maximum absolute atomic E-state index is 5.73. The van der Waals surface area contributed by atoms with Gasteiger partial charge >= 0.3 is 0 Å². The van der Waals surface area contributed by atoms with Gasteiger partial charge in [0.05, 0.1) is 6.04 Å². The van der Waals surface area contributed by atoms with Gasteiger partial charge in [-0.1, -0.05) is 6.42 Å². The molecule has 2 nitrogen and oxygen atoms in total. The summed E-state index contributed by atoms with van der Waals surface area (Å²) in [6, 6.07) is 2.54. The average Bonchev–Trinajstić information content (AvgIpc) is 3.01. The van der Waals surface area contributed by atoms with Crippen molar-refractivity contribution in [2.75, 3.05) is 0 Å². The molecule has 0 aromatic carbocycles. The molecule has 0 aliphatic heterocycles. The lowest BCUT2D eigenvalue weighted by Gasteiger charge is -2.25. The van der Waals surface area contributed by atoms with E-state index in [2.05, 4.69) is 32.8 Å². The minimum Gasteiger partial charge on any atom is -0.271 e. The van der Waals surface area contributed by atoms with Crippen LogP contribution in [0.2, 0.25) is 0 Å². The third kappa shape index (κ3) is 2.46. The van der Waals surface area contributed by atoms with E-state index in [0.29, 0.717) is 6.04 Å². The lowest BCUT2D eigenvalue weighted by atomic mass is 9.84. The van der Waals surface area contributed by atoms with Crippen molar-refractivity contribution in [2.24, 2.45) is 23.6 Å². The van der Waals surface area contributed by atoms with E-state index in [9.17, 15) is 0 Å². The second-order valence-electron chi connectivity index (χ2n) is 5.56. The van der Waals surface area contributed by atoms with E-state index in [0.717, 1.165) is 17.8 Å². The normalized spacial score (nSPS) is 33.2. The van der Waals surface area contributed by atoms with Crippen LogP contribution in [0.25, 0.3) is 0 Å². The number of nitrogens with two attached hydrogens (primary N) is 1. The molecule has 3 rings (SSSR count). The molecule has 2 fully saturated rings. The number of hydrazine groups is 1.